The zero-order chi connectivity index (χ0) is 13.3. The predicted molar refractivity (Wildman–Crippen MR) is 66.7 cm³/mol. The molecule has 0 bridgehead atoms. The van der Waals surface area contributed by atoms with Crippen LogP contribution in [0.4, 0.5) is 10.1 Å². The van der Waals surface area contributed by atoms with E-state index >= 15 is 0 Å². The fourth-order valence-electron chi connectivity index (χ4n) is 2.06. The minimum absolute atomic E-state index is 0.0737. The van der Waals surface area contributed by atoms with Crippen LogP contribution in [0.15, 0.2) is 12.1 Å². The second-order valence-corrected chi connectivity index (χ2v) is 4.96. The van der Waals surface area contributed by atoms with Gasteiger partial charge in [-0.3, -0.25) is 4.79 Å². The summed E-state index contributed by atoms with van der Waals surface area (Å²) < 4.78 is 13.8. The highest BCUT2D eigenvalue weighted by molar-refractivity contribution is 5.95. The summed E-state index contributed by atoms with van der Waals surface area (Å²) in [4.78, 5) is 11.8. The smallest absolute Gasteiger partial charge is 0.254 e. The number of hydrogen-bond donors (Lipinski definition) is 3. The summed E-state index contributed by atoms with van der Waals surface area (Å²) >= 11 is 0. The fraction of sp³-hybridized carbons (Fsp3) is 0.462. The molecule has 4 N–H and O–H groups in total. The van der Waals surface area contributed by atoms with Crippen molar-refractivity contribution in [3.63, 3.8) is 0 Å². The van der Waals surface area contributed by atoms with Gasteiger partial charge in [-0.15, -0.1) is 0 Å². The molecule has 4 nitrogen and oxygen atoms in total. The van der Waals surface area contributed by atoms with Crippen molar-refractivity contribution in [2.45, 2.75) is 31.8 Å². The SMILES string of the molecule is Cc1cc(N)cc(C(=O)NCC2(O)CCC2)c1F. The predicted octanol–water partition coefficient (Wildman–Crippen LogP) is 1.36. The Kier molecular flexibility index (Phi) is 3.26. The van der Waals surface area contributed by atoms with Crippen molar-refractivity contribution < 1.29 is 14.3 Å². The number of rotatable bonds is 3. The molecular formula is C13H17FN2O2. The molecule has 98 valence electrons. The number of benzene rings is 1. The third-order valence-corrected chi connectivity index (χ3v) is 3.38. The van der Waals surface area contributed by atoms with Crippen LogP contribution >= 0.6 is 0 Å². The standard InChI is InChI=1S/C13H17FN2O2/c1-8-5-9(15)6-10(11(8)14)12(17)16-7-13(18)3-2-4-13/h5-6,18H,2-4,7,15H2,1H3,(H,16,17). The maximum atomic E-state index is 13.8. The van der Waals surface area contributed by atoms with E-state index in [-0.39, 0.29) is 12.1 Å². The van der Waals surface area contributed by atoms with E-state index in [1.807, 2.05) is 0 Å². The zero-order valence-electron chi connectivity index (χ0n) is 10.3. The van der Waals surface area contributed by atoms with E-state index in [4.69, 9.17) is 5.73 Å². The zero-order valence-corrected chi connectivity index (χ0v) is 10.3. The number of nitrogens with one attached hydrogen (secondary N) is 1. The Morgan fingerprint density at radius 2 is 2.22 bits per heavy atom. The molecule has 1 saturated carbocycles. The molecule has 1 amide bonds. The van der Waals surface area contributed by atoms with Gasteiger partial charge < -0.3 is 16.2 Å². The minimum atomic E-state index is -0.818. The van der Waals surface area contributed by atoms with Crippen molar-refractivity contribution in [3.8, 4) is 0 Å². The van der Waals surface area contributed by atoms with Crippen molar-refractivity contribution in [1.82, 2.24) is 5.32 Å². The molecule has 0 aliphatic heterocycles. The van der Waals surface area contributed by atoms with E-state index < -0.39 is 17.3 Å². The summed E-state index contributed by atoms with van der Waals surface area (Å²) in [7, 11) is 0. The fourth-order valence-corrected chi connectivity index (χ4v) is 2.06. The first-order valence-electron chi connectivity index (χ1n) is 5.97. The Balaban J connectivity index is 2.09. The summed E-state index contributed by atoms with van der Waals surface area (Å²) in [5.41, 5.74) is 5.38. The largest absolute Gasteiger partial charge is 0.399 e. The molecular weight excluding hydrogens is 235 g/mol. The number of anilines is 1. The number of nitrogen functional groups attached to an aromatic ring is 1. The van der Waals surface area contributed by atoms with Crippen LogP contribution in [0.2, 0.25) is 0 Å². The molecule has 0 atom stereocenters. The molecule has 18 heavy (non-hydrogen) atoms. The highest BCUT2D eigenvalue weighted by Gasteiger charge is 2.34. The number of nitrogens with two attached hydrogens (primary N) is 1. The summed E-state index contributed by atoms with van der Waals surface area (Å²) in [6, 6.07) is 2.79. The van der Waals surface area contributed by atoms with Gasteiger partial charge in [0.05, 0.1) is 11.2 Å². The molecule has 0 unspecified atom stereocenters. The molecule has 5 heteroatoms. The number of carbonyl (C=O) groups is 1. The van der Waals surface area contributed by atoms with E-state index in [1.54, 1.807) is 6.92 Å². The monoisotopic (exact) mass is 252 g/mol. The first-order chi connectivity index (χ1) is 8.41. The highest BCUT2D eigenvalue weighted by Crippen LogP contribution is 2.30. The molecule has 0 saturated heterocycles. The maximum absolute atomic E-state index is 13.8. The molecule has 1 aromatic carbocycles. The quantitative estimate of drug-likeness (QED) is 0.711. The van der Waals surface area contributed by atoms with Crippen LogP contribution in [0, 0.1) is 12.7 Å². The Hall–Kier alpha value is -1.62. The van der Waals surface area contributed by atoms with Crippen LogP contribution in [0.5, 0.6) is 0 Å². The summed E-state index contributed by atoms with van der Waals surface area (Å²) in [5.74, 6) is -1.11. The van der Waals surface area contributed by atoms with Crippen LogP contribution < -0.4 is 11.1 Å². The number of amides is 1. The molecule has 2 rings (SSSR count). The first-order valence-corrected chi connectivity index (χ1v) is 5.97. The molecule has 0 aromatic heterocycles. The van der Waals surface area contributed by atoms with E-state index in [1.165, 1.54) is 12.1 Å². The van der Waals surface area contributed by atoms with Gasteiger partial charge in [-0.2, -0.15) is 0 Å². The number of halogens is 1. The van der Waals surface area contributed by atoms with Crippen LogP contribution in [-0.2, 0) is 0 Å². The lowest BCUT2D eigenvalue weighted by molar-refractivity contribution is -0.0300. The van der Waals surface area contributed by atoms with E-state index in [2.05, 4.69) is 5.32 Å². The van der Waals surface area contributed by atoms with Gasteiger partial charge in [0, 0.05) is 12.2 Å². The van der Waals surface area contributed by atoms with Crippen LogP contribution in [-0.4, -0.2) is 23.2 Å². The van der Waals surface area contributed by atoms with Gasteiger partial charge in [0.15, 0.2) is 0 Å². The lowest BCUT2D eigenvalue weighted by Gasteiger charge is -2.36. The average molecular weight is 252 g/mol. The second kappa shape index (κ2) is 4.57. The van der Waals surface area contributed by atoms with Crippen LogP contribution in [0.25, 0.3) is 0 Å². The molecule has 1 fully saturated rings. The summed E-state index contributed by atoms with van der Waals surface area (Å²) in [5, 5.41) is 12.4. The third kappa shape index (κ3) is 2.46. The Labute approximate surface area is 105 Å². The first kappa shape index (κ1) is 12.8. The Morgan fingerprint density at radius 3 is 2.78 bits per heavy atom. The van der Waals surface area contributed by atoms with Crippen molar-refractivity contribution >= 4 is 11.6 Å². The lowest BCUT2D eigenvalue weighted by atomic mass is 9.80. The maximum Gasteiger partial charge on any atom is 0.254 e. The number of aliphatic hydroxyl groups is 1. The lowest BCUT2D eigenvalue weighted by Crippen LogP contribution is -2.47. The van der Waals surface area contributed by atoms with Crippen LogP contribution in [0.3, 0.4) is 0 Å². The molecule has 0 heterocycles. The summed E-state index contributed by atoms with van der Waals surface area (Å²) in [6.07, 6.45) is 2.30. The molecule has 1 aliphatic rings. The second-order valence-electron chi connectivity index (χ2n) is 4.96. The van der Waals surface area contributed by atoms with Crippen molar-refractivity contribution in [1.29, 1.82) is 0 Å². The highest BCUT2D eigenvalue weighted by atomic mass is 19.1. The van der Waals surface area contributed by atoms with E-state index in [9.17, 15) is 14.3 Å². The van der Waals surface area contributed by atoms with Gasteiger partial charge in [-0.05, 0) is 43.9 Å². The normalized spacial score (nSPS) is 17.1. The van der Waals surface area contributed by atoms with Gasteiger partial charge >= 0.3 is 0 Å². The number of hydrogen-bond acceptors (Lipinski definition) is 3. The minimum Gasteiger partial charge on any atom is -0.399 e. The van der Waals surface area contributed by atoms with Gasteiger partial charge in [-0.25, -0.2) is 4.39 Å². The Bertz CT molecular complexity index is 484. The van der Waals surface area contributed by atoms with Crippen molar-refractivity contribution in [2.24, 2.45) is 0 Å². The van der Waals surface area contributed by atoms with Gasteiger partial charge in [-0.1, -0.05) is 0 Å². The van der Waals surface area contributed by atoms with Crippen LogP contribution in [0.1, 0.15) is 35.2 Å². The molecule has 0 radical (unpaired) electrons. The van der Waals surface area contributed by atoms with Crippen molar-refractivity contribution in [2.75, 3.05) is 12.3 Å². The van der Waals surface area contributed by atoms with E-state index in [0.717, 1.165) is 6.42 Å². The number of carbonyl (C=O) groups excluding carboxylic acids is 1. The summed E-state index contributed by atoms with van der Waals surface area (Å²) in [6.45, 7) is 1.71. The Morgan fingerprint density at radius 1 is 1.56 bits per heavy atom. The van der Waals surface area contributed by atoms with E-state index in [0.29, 0.717) is 24.1 Å². The molecule has 1 aromatic rings. The average Bonchev–Trinajstić information content (AvgIpc) is 2.28. The van der Waals surface area contributed by atoms with Gasteiger partial charge in [0.25, 0.3) is 5.91 Å². The molecule has 1 aliphatic carbocycles. The van der Waals surface area contributed by atoms with Gasteiger partial charge in [0.1, 0.15) is 5.82 Å². The number of aryl methyl sites for hydroxylation is 1. The van der Waals surface area contributed by atoms with Gasteiger partial charge in [0.2, 0.25) is 0 Å². The topological polar surface area (TPSA) is 75.4 Å². The third-order valence-electron chi connectivity index (χ3n) is 3.38. The molecule has 0 spiro atoms. The van der Waals surface area contributed by atoms with Crippen molar-refractivity contribution in [3.05, 3.63) is 29.1 Å².